The van der Waals surface area contributed by atoms with Gasteiger partial charge in [-0.1, -0.05) is 0 Å². The maximum absolute atomic E-state index is 12.9. The van der Waals surface area contributed by atoms with Gasteiger partial charge in [-0.2, -0.15) is 0 Å². The molecule has 2 nitrogen and oxygen atoms in total. The van der Waals surface area contributed by atoms with Crippen molar-refractivity contribution in [2.24, 2.45) is 0 Å². The molecule has 0 aromatic heterocycles. The number of benzene rings is 3. The van der Waals surface area contributed by atoms with E-state index in [4.69, 9.17) is 0 Å². The third kappa shape index (κ3) is 2.77. The Balaban J connectivity index is 1.68. The molecule has 3 aromatic carbocycles. The van der Waals surface area contributed by atoms with E-state index in [1.54, 1.807) is 0 Å². The Labute approximate surface area is 148 Å². The Kier molecular flexibility index (Phi) is 4.20. The SMILES string of the molecule is O=C1[C@@H]([Se]c2ccccc2)[C@H](c2ccccc2)N1c1ccccc1. The van der Waals surface area contributed by atoms with Gasteiger partial charge >= 0.3 is 148 Å². The summed E-state index contributed by atoms with van der Waals surface area (Å²) in [6, 6.07) is 30.9. The van der Waals surface area contributed by atoms with Crippen LogP contribution in [0, 0.1) is 0 Å². The van der Waals surface area contributed by atoms with Crippen LogP contribution < -0.4 is 9.36 Å². The van der Waals surface area contributed by atoms with Crippen molar-refractivity contribution < 1.29 is 4.79 Å². The van der Waals surface area contributed by atoms with Gasteiger partial charge in [-0.15, -0.1) is 0 Å². The van der Waals surface area contributed by atoms with Gasteiger partial charge in [0.25, 0.3) is 0 Å². The van der Waals surface area contributed by atoms with Gasteiger partial charge in [0.15, 0.2) is 0 Å². The predicted molar refractivity (Wildman–Crippen MR) is 98.7 cm³/mol. The van der Waals surface area contributed by atoms with Gasteiger partial charge in [0, 0.05) is 0 Å². The minimum atomic E-state index is 0.0579. The van der Waals surface area contributed by atoms with Gasteiger partial charge in [-0.05, 0) is 0 Å². The first-order valence-corrected chi connectivity index (χ1v) is 9.84. The topological polar surface area (TPSA) is 20.3 Å². The van der Waals surface area contributed by atoms with Crippen molar-refractivity contribution in [3.63, 3.8) is 0 Å². The van der Waals surface area contributed by atoms with Crippen LogP contribution in [0.2, 0.25) is 4.82 Å². The number of carbonyl (C=O) groups is 1. The molecule has 1 amide bonds. The molecule has 4 rings (SSSR count). The molecule has 118 valence electrons. The monoisotopic (exact) mass is 379 g/mol. The molecule has 0 spiro atoms. The number of carbonyl (C=O) groups excluding carboxylic acids is 1. The Bertz CT molecular complexity index is 820. The van der Waals surface area contributed by atoms with Crippen molar-refractivity contribution in [2.45, 2.75) is 10.9 Å². The van der Waals surface area contributed by atoms with Crippen LogP contribution in [0.3, 0.4) is 0 Å². The number of anilines is 1. The number of hydrogen-bond donors (Lipinski definition) is 0. The summed E-state index contributed by atoms with van der Waals surface area (Å²) in [6.07, 6.45) is 0. The Hall–Kier alpha value is -2.35. The number of nitrogens with zero attached hydrogens (tertiary/aromatic N) is 1. The van der Waals surface area contributed by atoms with Crippen molar-refractivity contribution in [3.05, 3.63) is 96.6 Å². The second kappa shape index (κ2) is 6.64. The van der Waals surface area contributed by atoms with Crippen molar-refractivity contribution in [1.29, 1.82) is 0 Å². The van der Waals surface area contributed by atoms with Crippen LogP contribution in [0.4, 0.5) is 5.69 Å². The molecule has 1 aliphatic rings. The molecule has 2 atom stereocenters. The van der Waals surface area contributed by atoms with Gasteiger partial charge in [-0.3, -0.25) is 0 Å². The van der Waals surface area contributed by atoms with Gasteiger partial charge in [0.05, 0.1) is 0 Å². The van der Waals surface area contributed by atoms with Crippen molar-refractivity contribution in [3.8, 4) is 0 Å². The first kappa shape index (κ1) is 15.2. The predicted octanol–water partition coefficient (Wildman–Crippen LogP) is 3.59. The third-order valence-electron chi connectivity index (χ3n) is 4.23. The Morgan fingerprint density at radius 2 is 1.25 bits per heavy atom. The van der Waals surface area contributed by atoms with Crippen molar-refractivity contribution in [2.75, 3.05) is 4.90 Å². The van der Waals surface area contributed by atoms with E-state index >= 15 is 0 Å². The zero-order valence-electron chi connectivity index (χ0n) is 13.1. The van der Waals surface area contributed by atoms with E-state index in [9.17, 15) is 4.79 Å². The number of β-lactam (4-membered cyclic amide) rings is 1. The van der Waals surface area contributed by atoms with Crippen LogP contribution in [0.1, 0.15) is 11.6 Å². The zero-order chi connectivity index (χ0) is 16.4. The van der Waals surface area contributed by atoms with Crippen LogP contribution in [-0.2, 0) is 4.79 Å². The molecule has 0 bridgehead atoms. The first-order valence-electron chi connectivity index (χ1n) is 7.99. The Morgan fingerprint density at radius 3 is 1.88 bits per heavy atom. The first-order chi connectivity index (χ1) is 11.8. The van der Waals surface area contributed by atoms with E-state index < -0.39 is 0 Å². The molecule has 3 heteroatoms. The summed E-state index contributed by atoms with van der Waals surface area (Å²) in [5.41, 5.74) is 2.19. The van der Waals surface area contributed by atoms with E-state index in [0.29, 0.717) is 0 Å². The molecule has 1 aliphatic heterocycles. The molecule has 24 heavy (non-hydrogen) atoms. The third-order valence-corrected chi connectivity index (χ3v) is 6.87. The summed E-state index contributed by atoms with van der Waals surface area (Å²) in [6.45, 7) is 0. The molecule has 0 saturated carbocycles. The second-order valence-corrected chi connectivity index (χ2v) is 8.30. The fourth-order valence-electron chi connectivity index (χ4n) is 3.07. The molecule has 0 unspecified atom stereocenters. The summed E-state index contributed by atoms with van der Waals surface area (Å²) in [5, 5.41) is 0. The van der Waals surface area contributed by atoms with Crippen LogP contribution in [0.25, 0.3) is 0 Å². The van der Waals surface area contributed by atoms with Crippen molar-refractivity contribution >= 4 is 31.0 Å². The maximum atomic E-state index is 12.9. The molecule has 1 fully saturated rings. The van der Waals surface area contributed by atoms with Crippen molar-refractivity contribution in [1.82, 2.24) is 0 Å². The van der Waals surface area contributed by atoms with Gasteiger partial charge in [0.1, 0.15) is 0 Å². The molecule has 0 N–H and O–H groups in total. The summed E-state index contributed by atoms with van der Waals surface area (Å²) < 4.78 is 1.27. The van der Waals surface area contributed by atoms with E-state index in [2.05, 4.69) is 24.3 Å². The van der Waals surface area contributed by atoms with E-state index in [0.717, 1.165) is 5.69 Å². The second-order valence-electron chi connectivity index (χ2n) is 5.75. The van der Waals surface area contributed by atoms with Gasteiger partial charge in [0.2, 0.25) is 0 Å². The van der Waals surface area contributed by atoms with Crippen LogP contribution in [0.15, 0.2) is 91.0 Å². The van der Waals surface area contributed by atoms with Crippen LogP contribution >= 0.6 is 0 Å². The summed E-state index contributed by atoms with van der Waals surface area (Å²) in [5.74, 6) is 0.235. The van der Waals surface area contributed by atoms with Gasteiger partial charge in [-0.25, -0.2) is 0 Å². The van der Waals surface area contributed by atoms with E-state index in [1.165, 1.54) is 10.0 Å². The number of hydrogen-bond acceptors (Lipinski definition) is 1. The quantitative estimate of drug-likeness (QED) is 0.502. The summed E-state index contributed by atoms with van der Waals surface area (Å²) in [7, 11) is 0. The van der Waals surface area contributed by atoms with Gasteiger partial charge < -0.3 is 0 Å². The normalized spacial score (nSPS) is 19.8. The summed E-state index contributed by atoms with van der Waals surface area (Å²) >= 11 is 0.129. The fourth-order valence-corrected chi connectivity index (χ4v) is 5.65. The molecular weight excluding hydrogens is 361 g/mol. The molecule has 1 saturated heterocycles. The fraction of sp³-hybridized carbons (Fsp3) is 0.0952. The number of para-hydroxylation sites is 1. The average molecular weight is 378 g/mol. The van der Waals surface area contributed by atoms with Crippen LogP contribution in [-0.4, -0.2) is 20.9 Å². The molecule has 3 aromatic rings. The van der Waals surface area contributed by atoms with E-state index in [-0.39, 0.29) is 31.7 Å². The molecular formula is C21H17NOSe. The van der Waals surface area contributed by atoms with E-state index in [1.807, 2.05) is 71.6 Å². The minimum absolute atomic E-state index is 0.0579. The average Bonchev–Trinajstić information content (AvgIpc) is 2.66. The number of amides is 1. The standard InChI is InChI=1S/C21H17NOSe/c23-21-20(24-18-14-8-3-9-15-18)19(16-10-4-1-5-11-16)22(21)17-12-6-2-7-13-17/h1-15,19-20H/t19-,20-/m0/s1. The number of rotatable bonds is 4. The molecule has 0 radical (unpaired) electrons. The summed E-state index contributed by atoms with van der Waals surface area (Å²) in [4.78, 5) is 14.9. The van der Waals surface area contributed by atoms with Crippen LogP contribution in [0.5, 0.6) is 0 Å². The molecule has 1 heterocycles. The zero-order valence-corrected chi connectivity index (χ0v) is 14.8. The Morgan fingerprint density at radius 1 is 0.708 bits per heavy atom. The molecule has 0 aliphatic carbocycles.